The first-order valence-electron chi connectivity index (χ1n) is 8.18. The van der Waals surface area contributed by atoms with Crippen LogP contribution in [0.25, 0.3) is 0 Å². The minimum atomic E-state index is -3.80. The lowest BCUT2D eigenvalue weighted by molar-refractivity contribution is 0.0692. The minimum Gasteiger partial charge on any atom is -0.478 e. The van der Waals surface area contributed by atoms with Gasteiger partial charge in [0.25, 0.3) is 10.0 Å². The van der Waals surface area contributed by atoms with Crippen molar-refractivity contribution in [3.63, 3.8) is 0 Å². The molecule has 0 saturated carbocycles. The van der Waals surface area contributed by atoms with E-state index >= 15 is 0 Å². The maximum absolute atomic E-state index is 12.6. The van der Waals surface area contributed by atoms with Gasteiger partial charge in [0.1, 0.15) is 4.21 Å². The normalized spacial score (nSPS) is 21.8. The maximum atomic E-state index is 12.6. The van der Waals surface area contributed by atoms with Crippen LogP contribution in [0.15, 0.2) is 4.21 Å². The Bertz CT molecular complexity index is 729. The Hall–Kier alpha value is -1.00. The van der Waals surface area contributed by atoms with Crippen LogP contribution in [-0.2, 0) is 23.0 Å². The fraction of sp³-hybridized carbons (Fsp3) is 0.667. The van der Waals surface area contributed by atoms with Gasteiger partial charge in [-0.05, 0) is 51.4 Å². The summed E-state index contributed by atoms with van der Waals surface area (Å²) in [6.07, 6.45) is 3.51. The number of carbonyl (C=O) groups is 1. The lowest BCUT2D eigenvalue weighted by atomic mass is 10.1. The van der Waals surface area contributed by atoms with Gasteiger partial charge < -0.3 is 15.3 Å². The number of likely N-dealkylation sites (tertiary alicyclic amines) is 1. The number of hydrogen-bond acceptors (Lipinski definition) is 6. The van der Waals surface area contributed by atoms with Crippen molar-refractivity contribution >= 4 is 27.3 Å². The summed E-state index contributed by atoms with van der Waals surface area (Å²) in [5.41, 5.74) is 0.629. The summed E-state index contributed by atoms with van der Waals surface area (Å²) in [6, 6.07) is 0.396. The Morgan fingerprint density at radius 3 is 2.96 bits per heavy atom. The lowest BCUT2D eigenvalue weighted by Crippen LogP contribution is -2.32. The van der Waals surface area contributed by atoms with Crippen molar-refractivity contribution in [2.75, 3.05) is 26.7 Å². The van der Waals surface area contributed by atoms with Crippen LogP contribution in [0, 0.1) is 0 Å². The summed E-state index contributed by atoms with van der Waals surface area (Å²) < 4.78 is 27.8. The Morgan fingerprint density at radius 2 is 2.29 bits per heavy atom. The third-order valence-electron chi connectivity index (χ3n) is 4.79. The molecule has 3 heterocycles. The van der Waals surface area contributed by atoms with Crippen molar-refractivity contribution in [2.45, 2.75) is 42.5 Å². The smallest absolute Gasteiger partial charge is 0.338 e. The van der Waals surface area contributed by atoms with E-state index in [1.165, 1.54) is 0 Å². The van der Waals surface area contributed by atoms with Crippen molar-refractivity contribution < 1.29 is 18.3 Å². The molecule has 1 aromatic rings. The molecule has 0 aromatic carbocycles. The average Bonchev–Trinajstić information content (AvgIpc) is 3.11. The van der Waals surface area contributed by atoms with E-state index in [-0.39, 0.29) is 9.77 Å². The lowest BCUT2D eigenvalue weighted by Gasteiger charge is -2.19. The van der Waals surface area contributed by atoms with Gasteiger partial charge in [-0.25, -0.2) is 17.9 Å². The molecule has 1 atom stereocenters. The molecule has 0 radical (unpaired) electrons. The van der Waals surface area contributed by atoms with Gasteiger partial charge in [-0.15, -0.1) is 11.3 Å². The van der Waals surface area contributed by atoms with E-state index in [0.717, 1.165) is 42.0 Å². The highest BCUT2D eigenvalue weighted by atomic mass is 32.2. The Morgan fingerprint density at radius 1 is 1.50 bits per heavy atom. The van der Waals surface area contributed by atoms with Gasteiger partial charge in [-0.3, -0.25) is 0 Å². The zero-order chi connectivity index (χ0) is 17.3. The fourth-order valence-electron chi connectivity index (χ4n) is 3.48. The Kier molecular flexibility index (Phi) is 5.26. The van der Waals surface area contributed by atoms with Gasteiger partial charge >= 0.3 is 5.97 Å². The van der Waals surface area contributed by atoms with Crippen LogP contribution in [0.3, 0.4) is 0 Å². The second-order valence-corrected chi connectivity index (χ2v) is 9.43. The highest BCUT2D eigenvalue weighted by molar-refractivity contribution is 7.91. The SMILES string of the molecule is CN1CCC[C@H]1CCNS(=O)(=O)c1sc2c(c1C(=O)O)CCNC2. The van der Waals surface area contributed by atoms with Crippen LogP contribution in [0.2, 0.25) is 0 Å². The predicted octanol–water partition coefficient (Wildman–Crippen LogP) is 0.855. The number of nitrogens with one attached hydrogen (secondary N) is 2. The number of carboxylic acids is 1. The van der Waals surface area contributed by atoms with E-state index in [0.29, 0.717) is 37.7 Å². The monoisotopic (exact) mass is 373 g/mol. The molecule has 9 heteroatoms. The van der Waals surface area contributed by atoms with Crippen LogP contribution >= 0.6 is 11.3 Å². The van der Waals surface area contributed by atoms with Gasteiger partial charge in [0.15, 0.2) is 0 Å². The Balaban J connectivity index is 1.76. The van der Waals surface area contributed by atoms with Gasteiger partial charge in [0.2, 0.25) is 0 Å². The minimum absolute atomic E-state index is 0.0398. The van der Waals surface area contributed by atoms with Gasteiger partial charge in [0.05, 0.1) is 5.56 Å². The number of sulfonamides is 1. The molecule has 2 aliphatic heterocycles. The van der Waals surface area contributed by atoms with Crippen molar-refractivity contribution in [3.05, 3.63) is 16.0 Å². The molecule has 0 bridgehead atoms. The highest BCUT2D eigenvalue weighted by Crippen LogP contribution is 2.34. The van der Waals surface area contributed by atoms with Crippen molar-refractivity contribution in [1.29, 1.82) is 0 Å². The molecule has 0 aliphatic carbocycles. The number of hydrogen-bond donors (Lipinski definition) is 3. The van der Waals surface area contributed by atoms with Crippen molar-refractivity contribution in [2.24, 2.45) is 0 Å². The second-order valence-electron chi connectivity index (χ2n) is 6.36. The van der Waals surface area contributed by atoms with E-state index < -0.39 is 16.0 Å². The molecule has 0 amide bonds. The fourth-order valence-corrected chi connectivity index (χ4v) is 6.44. The maximum Gasteiger partial charge on any atom is 0.338 e. The summed E-state index contributed by atoms with van der Waals surface area (Å²) in [5, 5.41) is 12.6. The number of nitrogens with zero attached hydrogens (tertiary/aromatic N) is 1. The number of rotatable bonds is 6. The molecule has 1 aromatic heterocycles. The summed E-state index contributed by atoms with van der Waals surface area (Å²) in [7, 11) is -1.75. The molecule has 1 saturated heterocycles. The van der Waals surface area contributed by atoms with E-state index in [1.54, 1.807) is 0 Å². The summed E-state index contributed by atoms with van der Waals surface area (Å²) in [4.78, 5) is 14.7. The first-order chi connectivity index (χ1) is 11.4. The number of aromatic carboxylic acids is 1. The van der Waals surface area contributed by atoms with E-state index in [4.69, 9.17) is 0 Å². The summed E-state index contributed by atoms with van der Waals surface area (Å²) in [5.74, 6) is -1.16. The van der Waals surface area contributed by atoms with Crippen molar-refractivity contribution in [1.82, 2.24) is 14.9 Å². The molecule has 3 N–H and O–H groups in total. The largest absolute Gasteiger partial charge is 0.478 e. The molecular formula is C15H23N3O4S2. The zero-order valence-corrected chi connectivity index (χ0v) is 15.3. The molecular weight excluding hydrogens is 350 g/mol. The van der Waals surface area contributed by atoms with Crippen LogP contribution in [-0.4, -0.2) is 57.1 Å². The number of fused-ring (bicyclic) bond motifs is 1. The van der Waals surface area contributed by atoms with Crippen molar-refractivity contribution in [3.8, 4) is 0 Å². The Labute approximate surface area is 146 Å². The molecule has 0 unspecified atom stereocenters. The molecule has 24 heavy (non-hydrogen) atoms. The standard InChI is InChI=1S/C15H23N3O4S2/c1-18-8-2-3-10(18)4-7-17-24(21,22)15-13(14(19)20)11-5-6-16-9-12(11)23-15/h10,16-17H,2-9H2,1H3,(H,19,20)/t10-/m0/s1. The van der Waals surface area contributed by atoms with Crippen LogP contribution in [0.5, 0.6) is 0 Å². The topological polar surface area (TPSA) is 98.7 Å². The van der Waals surface area contributed by atoms with Gasteiger partial charge in [0, 0.05) is 24.0 Å². The average molecular weight is 374 g/mol. The van der Waals surface area contributed by atoms with Gasteiger partial charge in [-0.2, -0.15) is 0 Å². The molecule has 2 aliphatic rings. The zero-order valence-electron chi connectivity index (χ0n) is 13.7. The van der Waals surface area contributed by atoms with E-state index in [2.05, 4.69) is 22.0 Å². The first-order valence-corrected chi connectivity index (χ1v) is 10.5. The quantitative estimate of drug-likeness (QED) is 0.684. The number of carboxylic acid groups (broad SMARTS) is 1. The third-order valence-corrected chi connectivity index (χ3v) is 8.01. The molecule has 3 rings (SSSR count). The molecule has 134 valence electrons. The summed E-state index contributed by atoms with van der Waals surface area (Å²) >= 11 is 1.08. The van der Waals surface area contributed by atoms with E-state index in [1.807, 2.05) is 0 Å². The summed E-state index contributed by atoms with van der Waals surface area (Å²) in [6.45, 7) is 2.58. The highest BCUT2D eigenvalue weighted by Gasteiger charge is 2.32. The van der Waals surface area contributed by atoms with Gasteiger partial charge in [-0.1, -0.05) is 0 Å². The predicted molar refractivity (Wildman–Crippen MR) is 92.1 cm³/mol. The molecule has 7 nitrogen and oxygen atoms in total. The van der Waals surface area contributed by atoms with Crippen LogP contribution in [0.4, 0.5) is 0 Å². The second kappa shape index (κ2) is 7.09. The van der Waals surface area contributed by atoms with Crippen LogP contribution < -0.4 is 10.0 Å². The molecule has 1 fully saturated rings. The first kappa shape index (κ1) is 17.8. The number of thiophene rings is 1. The molecule has 0 spiro atoms. The van der Waals surface area contributed by atoms with Crippen LogP contribution in [0.1, 0.15) is 40.1 Å². The third kappa shape index (κ3) is 3.50. The van der Waals surface area contributed by atoms with E-state index in [9.17, 15) is 18.3 Å².